The first-order valence-electron chi connectivity index (χ1n) is 3.91. The fourth-order valence-electron chi connectivity index (χ4n) is 0.997. The predicted molar refractivity (Wildman–Crippen MR) is 57.9 cm³/mol. The topological polar surface area (TPSA) is 61.2 Å². The van der Waals surface area contributed by atoms with Crippen molar-refractivity contribution in [1.29, 1.82) is 5.41 Å². The first kappa shape index (κ1) is 12.7. The van der Waals surface area contributed by atoms with Crippen LogP contribution in [0.1, 0.15) is 13.8 Å². The van der Waals surface area contributed by atoms with Gasteiger partial charge in [0.2, 0.25) is 0 Å². The minimum absolute atomic E-state index is 0.306. The quantitative estimate of drug-likeness (QED) is 0.557. The van der Waals surface area contributed by atoms with Crippen molar-refractivity contribution in [3.05, 3.63) is 34.9 Å². The zero-order chi connectivity index (χ0) is 11.3. The summed E-state index contributed by atoms with van der Waals surface area (Å²) in [6.45, 7) is 6.81. The Morgan fingerprint density at radius 2 is 2.07 bits per heavy atom. The molecule has 0 bridgehead atoms. The Labute approximate surface area is 87.9 Å². The van der Waals surface area contributed by atoms with Gasteiger partial charge in [0, 0.05) is 10.6 Å². The van der Waals surface area contributed by atoms with Crippen LogP contribution in [0, 0.1) is 5.41 Å². The minimum atomic E-state index is -1.26. The van der Waals surface area contributed by atoms with E-state index < -0.39 is 11.7 Å². The Morgan fingerprint density at radius 3 is 2.36 bits per heavy atom. The Balaban J connectivity index is 5.04. The molecule has 0 aromatic rings. The molecule has 0 aromatic heterocycles. The Kier molecular flexibility index (Phi) is 4.87. The van der Waals surface area contributed by atoms with E-state index in [0.717, 1.165) is 0 Å². The molecule has 0 fully saturated rings. The lowest BCUT2D eigenvalue weighted by molar-refractivity contribution is -0.129. The molecule has 14 heavy (non-hydrogen) atoms. The van der Waals surface area contributed by atoms with Gasteiger partial charge in [0.25, 0.3) is 0 Å². The molecule has 76 valence electrons. The van der Waals surface area contributed by atoms with E-state index in [1.807, 2.05) is 0 Å². The summed E-state index contributed by atoms with van der Waals surface area (Å²) in [5.74, 6) is -1.26. The molecule has 3 nitrogen and oxygen atoms in total. The van der Waals surface area contributed by atoms with Gasteiger partial charge in [0.15, 0.2) is 0 Å². The minimum Gasteiger partial charge on any atom is -0.477 e. The van der Waals surface area contributed by atoms with Crippen LogP contribution in [-0.4, -0.2) is 16.8 Å². The third-order valence-corrected chi connectivity index (χ3v) is 1.68. The van der Waals surface area contributed by atoms with E-state index in [2.05, 4.69) is 6.58 Å². The maximum Gasteiger partial charge on any atom is 0.354 e. The van der Waals surface area contributed by atoms with Crippen molar-refractivity contribution < 1.29 is 9.90 Å². The second-order valence-electron chi connectivity index (χ2n) is 2.66. The number of halogens is 1. The summed E-state index contributed by atoms with van der Waals surface area (Å²) in [5.41, 5.74) is 0.512. The second-order valence-corrected chi connectivity index (χ2v) is 3.14. The summed E-state index contributed by atoms with van der Waals surface area (Å²) in [5, 5.41) is 16.2. The van der Waals surface area contributed by atoms with E-state index in [1.54, 1.807) is 19.9 Å². The zero-order valence-corrected chi connectivity index (χ0v) is 8.85. The smallest absolute Gasteiger partial charge is 0.354 e. The molecule has 0 aliphatic carbocycles. The molecule has 0 aliphatic rings. The standard InChI is InChI=1S/C10H12ClNO2/c1-4-8(9(12)10(13)14)6(2)5-7(3)11/h4-5,12H,3H2,1-2H3,(H,13,14)/b6-5-,8-4+,12-9?. The fraction of sp³-hybridized carbons (Fsp3) is 0.200. The van der Waals surface area contributed by atoms with E-state index >= 15 is 0 Å². The average Bonchev–Trinajstić information content (AvgIpc) is 2.03. The number of allylic oxidation sites excluding steroid dienone is 4. The number of carboxylic acids is 1. The Morgan fingerprint density at radius 1 is 1.57 bits per heavy atom. The molecule has 0 rings (SSSR count). The Bertz CT molecular complexity index is 340. The van der Waals surface area contributed by atoms with E-state index in [-0.39, 0.29) is 0 Å². The lowest BCUT2D eigenvalue weighted by atomic mass is 10.0. The van der Waals surface area contributed by atoms with E-state index in [1.165, 1.54) is 6.08 Å². The molecule has 0 amide bonds. The zero-order valence-electron chi connectivity index (χ0n) is 8.10. The van der Waals surface area contributed by atoms with Crippen molar-refractivity contribution in [3.63, 3.8) is 0 Å². The highest BCUT2D eigenvalue weighted by molar-refractivity contribution is 6.42. The molecule has 4 heteroatoms. The summed E-state index contributed by atoms with van der Waals surface area (Å²) >= 11 is 5.54. The fourth-order valence-corrected chi connectivity index (χ4v) is 1.16. The van der Waals surface area contributed by atoms with Crippen LogP contribution in [0.15, 0.2) is 34.9 Å². The molecule has 0 radical (unpaired) electrons. The van der Waals surface area contributed by atoms with Gasteiger partial charge in [-0.2, -0.15) is 0 Å². The summed E-state index contributed by atoms with van der Waals surface area (Å²) in [6.07, 6.45) is 3.08. The van der Waals surface area contributed by atoms with Crippen molar-refractivity contribution in [2.75, 3.05) is 0 Å². The van der Waals surface area contributed by atoms with Gasteiger partial charge in [-0.3, -0.25) is 5.41 Å². The molecule has 0 heterocycles. The number of carboxylic acid groups (broad SMARTS) is 1. The summed E-state index contributed by atoms with van der Waals surface area (Å²) in [4.78, 5) is 10.5. The monoisotopic (exact) mass is 213 g/mol. The number of hydrogen-bond acceptors (Lipinski definition) is 2. The maximum atomic E-state index is 10.5. The van der Waals surface area contributed by atoms with E-state index in [9.17, 15) is 4.79 Å². The van der Waals surface area contributed by atoms with Crippen LogP contribution in [0.4, 0.5) is 0 Å². The predicted octanol–water partition coefficient (Wildman–Crippen LogP) is 2.74. The van der Waals surface area contributed by atoms with Gasteiger partial charge in [-0.05, 0) is 25.5 Å². The highest BCUT2D eigenvalue weighted by atomic mass is 35.5. The normalized spacial score (nSPS) is 12.5. The molecule has 0 saturated carbocycles. The molecule has 0 aromatic carbocycles. The third kappa shape index (κ3) is 3.58. The summed E-state index contributed by atoms with van der Waals surface area (Å²) in [7, 11) is 0. The van der Waals surface area contributed by atoms with Gasteiger partial charge in [-0.25, -0.2) is 4.79 Å². The van der Waals surface area contributed by atoms with Gasteiger partial charge >= 0.3 is 5.97 Å². The van der Waals surface area contributed by atoms with Gasteiger partial charge in [0.05, 0.1) is 0 Å². The van der Waals surface area contributed by atoms with Crippen molar-refractivity contribution in [2.45, 2.75) is 13.8 Å². The number of carbonyl (C=O) groups is 1. The van der Waals surface area contributed by atoms with Crippen LogP contribution in [0.25, 0.3) is 0 Å². The van der Waals surface area contributed by atoms with Gasteiger partial charge in [-0.15, -0.1) is 0 Å². The van der Waals surface area contributed by atoms with Crippen LogP contribution in [-0.2, 0) is 4.79 Å². The molecule has 0 unspecified atom stereocenters. The summed E-state index contributed by atoms with van der Waals surface area (Å²) in [6, 6.07) is 0. The average molecular weight is 214 g/mol. The molecular weight excluding hydrogens is 202 g/mol. The van der Waals surface area contributed by atoms with Gasteiger partial charge < -0.3 is 5.11 Å². The van der Waals surface area contributed by atoms with Crippen LogP contribution in [0.3, 0.4) is 0 Å². The lowest BCUT2D eigenvalue weighted by Crippen LogP contribution is -2.14. The number of nitrogens with one attached hydrogen (secondary N) is 1. The van der Waals surface area contributed by atoms with E-state index in [4.69, 9.17) is 22.1 Å². The molecule has 0 spiro atoms. The molecule has 0 atom stereocenters. The highest BCUT2D eigenvalue weighted by Crippen LogP contribution is 2.14. The highest BCUT2D eigenvalue weighted by Gasteiger charge is 2.13. The largest absolute Gasteiger partial charge is 0.477 e. The first-order chi connectivity index (χ1) is 6.40. The SMILES string of the molecule is C=C(Cl)/C=C(C)\C(=C/C)C(=N)C(=O)O. The van der Waals surface area contributed by atoms with E-state index in [0.29, 0.717) is 16.2 Å². The van der Waals surface area contributed by atoms with Gasteiger partial charge in [-0.1, -0.05) is 24.3 Å². The second kappa shape index (κ2) is 5.40. The van der Waals surface area contributed by atoms with Crippen molar-refractivity contribution in [1.82, 2.24) is 0 Å². The van der Waals surface area contributed by atoms with Crippen molar-refractivity contribution in [3.8, 4) is 0 Å². The van der Waals surface area contributed by atoms with Crippen molar-refractivity contribution >= 4 is 23.3 Å². The third-order valence-electron chi connectivity index (χ3n) is 1.57. The lowest BCUT2D eigenvalue weighted by Gasteiger charge is -2.05. The maximum absolute atomic E-state index is 10.5. The van der Waals surface area contributed by atoms with Crippen LogP contribution >= 0.6 is 11.6 Å². The molecular formula is C10H12ClNO2. The summed E-state index contributed by atoms with van der Waals surface area (Å²) < 4.78 is 0. The Hall–Kier alpha value is -1.35. The number of hydrogen-bond donors (Lipinski definition) is 2. The van der Waals surface area contributed by atoms with Crippen LogP contribution in [0.5, 0.6) is 0 Å². The van der Waals surface area contributed by atoms with Crippen molar-refractivity contribution in [2.24, 2.45) is 0 Å². The first-order valence-corrected chi connectivity index (χ1v) is 4.29. The molecule has 0 saturated heterocycles. The van der Waals surface area contributed by atoms with Crippen LogP contribution < -0.4 is 0 Å². The number of aliphatic carboxylic acids is 1. The molecule has 0 aliphatic heterocycles. The van der Waals surface area contributed by atoms with Crippen LogP contribution in [0.2, 0.25) is 0 Å². The van der Waals surface area contributed by atoms with Gasteiger partial charge in [0.1, 0.15) is 5.71 Å². The number of rotatable bonds is 4. The molecule has 2 N–H and O–H groups in total.